The van der Waals surface area contributed by atoms with E-state index in [4.69, 9.17) is 4.74 Å². The Morgan fingerprint density at radius 2 is 1.76 bits per heavy atom. The van der Waals surface area contributed by atoms with Crippen LogP contribution >= 0.6 is 0 Å². The molecule has 1 heterocycles. The average Bonchev–Trinajstić information content (AvgIpc) is 2.96. The lowest BCUT2D eigenvalue weighted by molar-refractivity contribution is 0.242. The van der Waals surface area contributed by atoms with Crippen molar-refractivity contribution < 1.29 is 26.0 Å². The highest BCUT2D eigenvalue weighted by molar-refractivity contribution is 7.96. The molecule has 0 saturated carbocycles. The lowest BCUT2D eigenvalue weighted by Crippen LogP contribution is -2.43. The lowest BCUT2D eigenvalue weighted by atomic mass is 10.2. The molecule has 1 N–H and O–H groups in total. The standard InChI is InChI=1S/C20H24FNO5S2/c1-14(2)27-16-7-9-17(10-8-16)29(25,26)20-13-28(23,24)12-19(20)22-11-15-5-3-4-6-18(15)21/h3-10,14,19-20,22H,11-13H2,1-2H3/t19-,20-/m0/s1. The molecule has 2 aromatic carbocycles. The molecule has 29 heavy (non-hydrogen) atoms. The van der Waals surface area contributed by atoms with Gasteiger partial charge in [-0.15, -0.1) is 0 Å². The van der Waals surface area contributed by atoms with E-state index in [1.807, 2.05) is 13.8 Å². The van der Waals surface area contributed by atoms with E-state index in [0.717, 1.165) is 0 Å². The summed E-state index contributed by atoms with van der Waals surface area (Å²) < 4.78 is 70.0. The van der Waals surface area contributed by atoms with Crippen molar-refractivity contribution in [2.24, 2.45) is 0 Å². The fourth-order valence-corrected chi connectivity index (χ4v) is 8.07. The van der Waals surface area contributed by atoms with E-state index in [1.54, 1.807) is 30.3 Å². The smallest absolute Gasteiger partial charge is 0.183 e. The van der Waals surface area contributed by atoms with E-state index < -0.39 is 42.5 Å². The summed E-state index contributed by atoms with van der Waals surface area (Å²) in [5.74, 6) is -0.665. The first-order valence-corrected chi connectivity index (χ1v) is 12.6. The summed E-state index contributed by atoms with van der Waals surface area (Å²) in [4.78, 5) is 0.0356. The van der Waals surface area contributed by atoms with Crippen LogP contribution in [0, 0.1) is 5.82 Å². The molecule has 0 bridgehead atoms. The molecule has 2 atom stereocenters. The molecule has 9 heteroatoms. The molecule has 0 radical (unpaired) electrons. The first-order valence-electron chi connectivity index (χ1n) is 9.26. The van der Waals surface area contributed by atoms with Gasteiger partial charge in [-0.1, -0.05) is 18.2 Å². The SMILES string of the molecule is CC(C)Oc1ccc(S(=O)(=O)[C@H]2CS(=O)(=O)C[C@@H]2NCc2ccccc2F)cc1. The van der Waals surface area contributed by atoms with Gasteiger partial charge in [0.2, 0.25) is 0 Å². The number of ether oxygens (including phenoxy) is 1. The van der Waals surface area contributed by atoms with Crippen LogP contribution in [0.4, 0.5) is 4.39 Å². The number of nitrogens with one attached hydrogen (secondary N) is 1. The van der Waals surface area contributed by atoms with Gasteiger partial charge in [0.05, 0.1) is 27.8 Å². The molecule has 0 aliphatic carbocycles. The van der Waals surface area contributed by atoms with Crippen molar-refractivity contribution in [3.8, 4) is 5.75 Å². The van der Waals surface area contributed by atoms with Gasteiger partial charge in [-0.3, -0.25) is 0 Å². The molecule has 1 aliphatic rings. The normalized spacial score (nSPS) is 21.4. The second kappa shape index (κ2) is 8.41. The van der Waals surface area contributed by atoms with E-state index in [-0.39, 0.29) is 23.3 Å². The molecule has 0 spiro atoms. The molecule has 2 aromatic rings. The molecular formula is C20H24FNO5S2. The molecule has 0 amide bonds. The van der Waals surface area contributed by atoms with Crippen molar-refractivity contribution >= 4 is 19.7 Å². The van der Waals surface area contributed by atoms with Crippen molar-refractivity contribution in [3.63, 3.8) is 0 Å². The van der Waals surface area contributed by atoms with Crippen molar-refractivity contribution in [2.75, 3.05) is 11.5 Å². The average molecular weight is 442 g/mol. The van der Waals surface area contributed by atoms with Crippen LogP contribution in [0.1, 0.15) is 19.4 Å². The Balaban J connectivity index is 1.82. The molecule has 1 fully saturated rings. The maximum Gasteiger partial charge on any atom is 0.183 e. The Morgan fingerprint density at radius 3 is 2.38 bits per heavy atom. The number of benzene rings is 2. The molecule has 158 valence electrons. The van der Waals surface area contributed by atoms with Crippen molar-refractivity contribution in [1.82, 2.24) is 5.32 Å². The lowest BCUT2D eigenvalue weighted by Gasteiger charge is -2.20. The Labute approximate surface area is 170 Å². The molecule has 1 aliphatic heterocycles. The summed E-state index contributed by atoms with van der Waals surface area (Å²) in [5.41, 5.74) is 0.350. The maximum atomic E-state index is 13.9. The largest absolute Gasteiger partial charge is 0.491 e. The van der Waals surface area contributed by atoms with Gasteiger partial charge >= 0.3 is 0 Å². The van der Waals surface area contributed by atoms with Gasteiger partial charge in [0, 0.05) is 18.2 Å². The van der Waals surface area contributed by atoms with Gasteiger partial charge < -0.3 is 10.1 Å². The number of hydrogen-bond donors (Lipinski definition) is 1. The second-order valence-electron chi connectivity index (χ2n) is 7.38. The Morgan fingerprint density at radius 1 is 1.10 bits per heavy atom. The van der Waals surface area contributed by atoms with Crippen LogP contribution in [-0.4, -0.2) is 45.7 Å². The van der Waals surface area contributed by atoms with Gasteiger partial charge in [0.1, 0.15) is 11.6 Å². The zero-order valence-electron chi connectivity index (χ0n) is 16.2. The second-order valence-corrected chi connectivity index (χ2v) is 11.7. The molecule has 0 aromatic heterocycles. The molecule has 6 nitrogen and oxygen atoms in total. The third-order valence-corrected chi connectivity index (χ3v) is 8.90. The van der Waals surface area contributed by atoms with E-state index in [1.165, 1.54) is 18.2 Å². The van der Waals surface area contributed by atoms with Gasteiger partial charge in [-0.05, 0) is 44.2 Å². The van der Waals surface area contributed by atoms with Crippen molar-refractivity contribution in [1.29, 1.82) is 0 Å². The summed E-state index contributed by atoms with van der Waals surface area (Å²) in [6.45, 7) is 3.76. The van der Waals surface area contributed by atoms with Gasteiger partial charge in [0.25, 0.3) is 0 Å². The minimum atomic E-state index is -3.91. The number of rotatable bonds is 7. The molecular weight excluding hydrogens is 417 g/mol. The van der Waals surface area contributed by atoms with Crippen molar-refractivity contribution in [2.45, 2.75) is 42.7 Å². The zero-order chi connectivity index (χ0) is 21.2. The highest BCUT2D eigenvalue weighted by Gasteiger charge is 2.45. The highest BCUT2D eigenvalue weighted by atomic mass is 32.2. The minimum Gasteiger partial charge on any atom is -0.491 e. The summed E-state index contributed by atoms with van der Waals surface area (Å²) in [6.07, 6.45) is -0.0515. The number of halogens is 1. The van der Waals surface area contributed by atoms with Gasteiger partial charge in [0.15, 0.2) is 19.7 Å². The predicted molar refractivity (Wildman–Crippen MR) is 109 cm³/mol. The van der Waals surface area contributed by atoms with Gasteiger partial charge in [-0.25, -0.2) is 21.2 Å². The quantitative estimate of drug-likeness (QED) is 0.710. The van der Waals surface area contributed by atoms with Crippen LogP contribution < -0.4 is 10.1 Å². The first-order chi connectivity index (χ1) is 13.6. The van der Waals surface area contributed by atoms with Crippen LogP contribution in [0.2, 0.25) is 0 Å². The third-order valence-electron chi connectivity index (χ3n) is 4.74. The summed E-state index contributed by atoms with van der Waals surface area (Å²) in [6, 6.07) is 11.2. The summed E-state index contributed by atoms with van der Waals surface area (Å²) in [7, 11) is -7.44. The monoisotopic (exact) mass is 441 g/mol. The van der Waals surface area contributed by atoms with Crippen LogP contribution in [0.5, 0.6) is 5.75 Å². The predicted octanol–water partition coefficient (Wildman–Crippen LogP) is 2.34. The van der Waals surface area contributed by atoms with E-state index in [2.05, 4.69) is 5.32 Å². The van der Waals surface area contributed by atoms with E-state index in [9.17, 15) is 21.2 Å². The highest BCUT2D eigenvalue weighted by Crippen LogP contribution is 2.28. The van der Waals surface area contributed by atoms with Crippen LogP contribution in [-0.2, 0) is 26.2 Å². The van der Waals surface area contributed by atoms with Crippen LogP contribution in [0.15, 0.2) is 53.4 Å². The fourth-order valence-electron chi connectivity index (χ4n) is 3.35. The molecule has 3 rings (SSSR count). The zero-order valence-corrected chi connectivity index (χ0v) is 17.8. The van der Waals surface area contributed by atoms with Crippen molar-refractivity contribution in [3.05, 3.63) is 59.9 Å². The number of hydrogen-bond acceptors (Lipinski definition) is 6. The number of sulfone groups is 2. The first kappa shape index (κ1) is 21.7. The van der Waals surface area contributed by atoms with Crippen LogP contribution in [0.25, 0.3) is 0 Å². The Hall–Kier alpha value is -1.97. The Bertz CT molecular complexity index is 1070. The Kier molecular flexibility index (Phi) is 6.30. The topological polar surface area (TPSA) is 89.5 Å². The maximum absolute atomic E-state index is 13.9. The van der Waals surface area contributed by atoms with Crippen LogP contribution in [0.3, 0.4) is 0 Å². The minimum absolute atomic E-state index is 0.0356. The van der Waals surface area contributed by atoms with E-state index in [0.29, 0.717) is 11.3 Å². The van der Waals surface area contributed by atoms with E-state index >= 15 is 0 Å². The van der Waals surface area contributed by atoms with Gasteiger partial charge in [-0.2, -0.15) is 0 Å². The third kappa shape index (κ3) is 5.15. The summed E-state index contributed by atoms with van der Waals surface area (Å²) >= 11 is 0. The fraction of sp³-hybridized carbons (Fsp3) is 0.400. The summed E-state index contributed by atoms with van der Waals surface area (Å²) in [5, 5.41) is 1.79. The molecule has 1 saturated heterocycles. The molecule has 0 unspecified atom stereocenters.